The average Bonchev–Trinajstić information content (AvgIpc) is 4.07. The normalized spacial score (nSPS) is 19.8. The van der Waals surface area contributed by atoms with E-state index < -0.39 is 24.3 Å². The van der Waals surface area contributed by atoms with Gasteiger partial charge >= 0.3 is 12.2 Å². The van der Waals surface area contributed by atoms with Crippen molar-refractivity contribution in [2.45, 2.75) is 70.4 Å². The lowest BCUT2D eigenvalue weighted by molar-refractivity contribution is -0.142. The molecule has 4 amide bonds. The number of methoxy groups -OCH3 is 3. The van der Waals surface area contributed by atoms with Gasteiger partial charge in [-0.3, -0.25) is 9.59 Å². The van der Waals surface area contributed by atoms with Gasteiger partial charge < -0.3 is 49.3 Å². The molecule has 2 aromatic heterocycles. The lowest BCUT2D eigenvalue weighted by Crippen LogP contribution is -2.58. The monoisotopic (exact) mass is 868 g/mol. The first kappa shape index (κ1) is 42.4. The Bertz CT molecular complexity index is 2730. The van der Waals surface area contributed by atoms with Crippen LogP contribution in [0.4, 0.5) is 9.59 Å². The molecule has 332 valence electrons. The number of nitrogens with one attached hydrogen (secondary N) is 4. The van der Waals surface area contributed by atoms with Crippen LogP contribution < -0.4 is 15.4 Å². The van der Waals surface area contributed by atoms with E-state index in [1.807, 2.05) is 43.0 Å². The van der Waals surface area contributed by atoms with Crippen LogP contribution in [0.3, 0.4) is 0 Å². The van der Waals surface area contributed by atoms with Gasteiger partial charge in [-0.05, 0) is 83.0 Å². The lowest BCUT2D eigenvalue weighted by Gasteiger charge is -2.41. The van der Waals surface area contributed by atoms with E-state index in [2.05, 4.69) is 62.0 Å². The van der Waals surface area contributed by atoms with Gasteiger partial charge in [-0.25, -0.2) is 19.6 Å². The van der Waals surface area contributed by atoms with Gasteiger partial charge in [0.05, 0.1) is 56.3 Å². The summed E-state index contributed by atoms with van der Waals surface area (Å²) < 4.78 is 21.5. The zero-order chi connectivity index (χ0) is 44.6. The summed E-state index contributed by atoms with van der Waals surface area (Å²) in [6, 6.07) is 21.9. The molecule has 5 heterocycles. The van der Waals surface area contributed by atoms with Gasteiger partial charge in [0, 0.05) is 30.6 Å². The number of imidazole rings is 2. The Balaban J connectivity index is 0.955. The van der Waals surface area contributed by atoms with Crippen molar-refractivity contribution >= 4 is 45.8 Å². The number of aromatic nitrogens is 4. The third kappa shape index (κ3) is 8.09. The number of piperidine rings is 1. The van der Waals surface area contributed by atoms with Crippen LogP contribution in [0.25, 0.3) is 44.2 Å². The van der Waals surface area contributed by atoms with Crippen molar-refractivity contribution in [3.05, 3.63) is 102 Å². The maximum absolute atomic E-state index is 14.2. The predicted octanol–water partition coefficient (Wildman–Crippen LogP) is 7.17. The molecule has 3 aliphatic rings. The van der Waals surface area contributed by atoms with E-state index in [-0.39, 0.29) is 42.3 Å². The number of H-pyrrole nitrogens is 2. The number of carbonyl (C=O) groups excluding carboxylic acids is 4. The SMILES string of the molecule is COC[C@@H](C)CN(Cc1ncc(-c2ccc3c(c2)COc2cc4c(ccc5nc([C@@H]6CC[C@@H]7CC(C)[C@H](NC(=O)OC)C(=O)N76)[nH]c54)cc2-3)[nH]1)C(=O)[C@H](NC(=O)OC)c1ccccc1. The van der Waals surface area contributed by atoms with Crippen molar-refractivity contribution in [1.82, 2.24) is 40.4 Å². The van der Waals surface area contributed by atoms with E-state index in [0.29, 0.717) is 31.1 Å². The van der Waals surface area contributed by atoms with Crippen molar-refractivity contribution in [3.63, 3.8) is 0 Å². The maximum atomic E-state index is 14.2. The minimum Gasteiger partial charge on any atom is -0.488 e. The Kier molecular flexibility index (Phi) is 11.7. The third-order valence-electron chi connectivity index (χ3n) is 12.8. The number of alkyl carbamates (subject to hydrolysis) is 2. The number of rotatable bonds is 12. The smallest absolute Gasteiger partial charge is 0.407 e. The highest BCUT2D eigenvalue weighted by Crippen LogP contribution is 2.45. The van der Waals surface area contributed by atoms with Crippen LogP contribution in [0.2, 0.25) is 0 Å². The number of aromatic amines is 2. The summed E-state index contributed by atoms with van der Waals surface area (Å²) in [6.07, 6.45) is 2.88. The van der Waals surface area contributed by atoms with Crippen LogP contribution in [0, 0.1) is 11.8 Å². The number of hydrogen-bond donors (Lipinski definition) is 4. The quantitative estimate of drug-likeness (QED) is 0.0980. The molecule has 0 radical (unpaired) electrons. The second-order valence-electron chi connectivity index (χ2n) is 17.1. The number of benzene rings is 4. The molecule has 6 aromatic rings. The topological polar surface area (TPSA) is 193 Å². The molecule has 0 bridgehead atoms. The number of hydrogen-bond acceptors (Lipinski definition) is 10. The van der Waals surface area contributed by atoms with Crippen molar-refractivity contribution in [1.29, 1.82) is 0 Å². The number of nitrogens with zero attached hydrogens (tertiary/aromatic N) is 4. The molecule has 0 saturated carbocycles. The number of fused-ring (bicyclic) bond motifs is 7. The molecule has 2 saturated heterocycles. The van der Waals surface area contributed by atoms with Crippen molar-refractivity contribution in [2.24, 2.45) is 11.8 Å². The summed E-state index contributed by atoms with van der Waals surface area (Å²) in [5.74, 6) is 1.67. The van der Waals surface area contributed by atoms with Crippen LogP contribution in [-0.2, 0) is 37.0 Å². The van der Waals surface area contributed by atoms with Gasteiger partial charge in [-0.1, -0.05) is 62.4 Å². The van der Waals surface area contributed by atoms with Crippen LogP contribution in [0.15, 0.2) is 79.0 Å². The molecular formula is C48H52N8O8. The van der Waals surface area contributed by atoms with Gasteiger partial charge in [0.25, 0.3) is 0 Å². The van der Waals surface area contributed by atoms with E-state index in [1.165, 1.54) is 14.2 Å². The molecule has 1 unspecified atom stereocenters. The van der Waals surface area contributed by atoms with Crippen LogP contribution >= 0.6 is 0 Å². The van der Waals surface area contributed by atoms with Crippen molar-refractivity contribution in [3.8, 4) is 28.1 Å². The predicted molar refractivity (Wildman–Crippen MR) is 238 cm³/mol. The Morgan fingerprint density at radius 1 is 0.969 bits per heavy atom. The van der Waals surface area contributed by atoms with Gasteiger partial charge in [-0.15, -0.1) is 0 Å². The summed E-state index contributed by atoms with van der Waals surface area (Å²) >= 11 is 0. The summed E-state index contributed by atoms with van der Waals surface area (Å²) in [6.45, 7) is 5.34. The highest BCUT2D eigenvalue weighted by Gasteiger charge is 2.48. The van der Waals surface area contributed by atoms with Crippen LogP contribution in [0.5, 0.6) is 5.75 Å². The molecule has 0 spiro atoms. The molecule has 6 atom stereocenters. The number of amides is 4. The Hall–Kier alpha value is -6.94. The molecular weight excluding hydrogens is 817 g/mol. The maximum Gasteiger partial charge on any atom is 0.407 e. The number of ether oxygens (including phenoxy) is 4. The minimum atomic E-state index is -0.968. The van der Waals surface area contributed by atoms with Crippen LogP contribution in [-0.4, -0.2) is 100 Å². The van der Waals surface area contributed by atoms with E-state index in [0.717, 1.165) is 80.6 Å². The summed E-state index contributed by atoms with van der Waals surface area (Å²) in [7, 11) is 4.19. The molecule has 0 aliphatic carbocycles. The van der Waals surface area contributed by atoms with E-state index in [9.17, 15) is 19.2 Å². The average molecular weight is 869 g/mol. The first-order valence-corrected chi connectivity index (χ1v) is 21.6. The van der Waals surface area contributed by atoms with E-state index >= 15 is 0 Å². The highest BCUT2D eigenvalue weighted by molar-refractivity contribution is 6.07. The van der Waals surface area contributed by atoms with Gasteiger partial charge in [0.1, 0.15) is 36.1 Å². The van der Waals surface area contributed by atoms with Gasteiger partial charge in [0.15, 0.2) is 0 Å². The number of carbonyl (C=O) groups is 4. The molecule has 4 N–H and O–H groups in total. The fourth-order valence-corrected chi connectivity index (χ4v) is 9.72. The largest absolute Gasteiger partial charge is 0.488 e. The first-order chi connectivity index (χ1) is 31.0. The molecule has 64 heavy (non-hydrogen) atoms. The van der Waals surface area contributed by atoms with Gasteiger partial charge in [0.2, 0.25) is 11.8 Å². The molecule has 9 rings (SSSR count). The summed E-state index contributed by atoms with van der Waals surface area (Å²) in [5.41, 5.74) is 7.08. The Labute approximate surface area is 370 Å². The van der Waals surface area contributed by atoms with Crippen LogP contribution in [0.1, 0.15) is 68.0 Å². The fourth-order valence-electron chi connectivity index (χ4n) is 9.72. The lowest BCUT2D eigenvalue weighted by atomic mass is 9.88. The van der Waals surface area contributed by atoms with E-state index in [1.54, 1.807) is 30.3 Å². The fraction of sp³-hybridized carbons (Fsp3) is 0.375. The molecule has 16 nitrogen and oxygen atoms in total. The zero-order valence-electron chi connectivity index (χ0n) is 36.5. The second kappa shape index (κ2) is 17.7. The molecule has 3 aliphatic heterocycles. The standard InChI is InChI=1S/C48H52N8O8/c1-26(24-61-3)22-55(45(57)42(54-48(60)63-5)28-9-7-6-8-10-28)23-40-49-21-37(50-40)30-11-14-33-31(18-30)25-64-39-20-34-29(19-35(33)39)12-15-36-43(34)52-44(51-36)38-16-13-32-17-27(2)41(46(58)56(32)38)53-47(59)62-4/h6-12,14-15,18-21,26-27,32,38,41-42H,13,16-17,22-25H2,1-5H3,(H,49,50)(H,51,52)(H,53,59)(H,54,60)/t26-,27?,32+,38-,41-,42+/m0/s1. The molecule has 2 fully saturated rings. The van der Waals surface area contributed by atoms with Crippen molar-refractivity contribution in [2.75, 3.05) is 34.5 Å². The van der Waals surface area contributed by atoms with Crippen molar-refractivity contribution < 1.29 is 38.1 Å². The first-order valence-electron chi connectivity index (χ1n) is 21.6. The summed E-state index contributed by atoms with van der Waals surface area (Å²) in [4.78, 5) is 72.8. The zero-order valence-corrected chi connectivity index (χ0v) is 36.5. The van der Waals surface area contributed by atoms with E-state index in [4.69, 9.17) is 23.9 Å². The van der Waals surface area contributed by atoms with Gasteiger partial charge in [-0.2, -0.15) is 0 Å². The minimum absolute atomic E-state index is 0.00449. The third-order valence-corrected chi connectivity index (χ3v) is 12.8. The highest BCUT2D eigenvalue weighted by atomic mass is 16.5. The second-order valence-corrected chi connectivity index (χ2v) is 17.1. The molecule has 4 aromatic carbocycles. The Morgan fingerprint density at radius 2 is 1.78 bits per heavy atom. The summed E-state index contributed by atoms with van der Waals surface area (Å²) in [5, 5.41) is 7.46. The molecule has 16 heteroatoms. The Morgan fingerprint density at radius 3 is 2.56 bits per heavy atom.